The van der Waals surface area contributed by atoms with Gasteiger partial charge in [0, 0.05) is 30.9 Å². The van der Waals surface area contributed by atoms with Crippen molar-refractivity contribution in [1.82, 2.24) is 0 Å². The largest absolute Gasteiger partial charge is 0.381 e. The van der Waals surface area contributed by atoms with Gasteiger partial charge in [0.2, 0.25) is 0 Å². The molecule has 1 aliphatic rings. The van der Waals surface area contributed by atoms with Gasteiger partial charge in [0.15, 0.2) is 0 Å². The number of benzene rings is 1. The van der Waals surface area contributed by atoms with E-state index in [0.717, 1.165) is 19.1 Å². The zero-order valence-corrected chi connectivity index (χ0v) is 8.96. The lowest BCUT2D eigenvalue weighted by molar-refractivity contribution is 0.182. The molecule has 0 aromatic heterocycles. The highest BCUT2D eigenvalue weighted by Gasteiger charge is 2.21. The maximum atomic E-state index is 13.4. The highest BCUT2D eigenvalue weighted by atomic mass is 19.1. The maximum Gasteiger partial charge on any atom is 0.130 e. The fourth-order valence-electron chi connectivity index (χ4n) is 2.06. The van der Waals surface area contributed by atoms with Crippen LogP contribution in [0.5, 0.6) is 0 Å². The monoisotopic (exact) mass is 227 g/mol. The molecule has 0 amide bonds. The van der Waals surface area contributed by atoms with Gasteiger partial charge in [0.05, 0.1) is 0 Å². The van der Waals surface area contributed by atoms with Gasteiger partial charge in [-0.1, -0.05) is 6.07 Å². The Hall–Kier alpha value is -1.00. The van der Waals surface area contributed by atoms with Gasteiger partial charge in [-0.05, 0) is 24.8 Å². The SMILES string of the molecule is NC(CC1CCOC1)c1ccc(F)cc1F. The molecule has 1 aromatic rings. The maximum absolute atomic E-state index is 13.4. The van der Waals surface area contributed by atoms with Crippen molar-refractivity contribution >= 4 is 0 Å². The normalized spacial score (nSPS) is 22.3. The van der Waals surface area contributed by atoms with Crippen LogP contribution in [0, 0.1) is 17.6 Å². The zero-order valence-electron chi connectivity index (χ0n) is 8.96. The van der Waals surface area contributed by atoms with Crippen molar-refractivity contribution in [2.75, 3.05) is 13.2 Å². The van der Waals surface area contributed by atoms with Gasteiger partial charge in [-0.3, -0.25) is 0 Å². The first kappa shape index (κ1) is 11.5. The minimum Gasteiger partial charge on any atom is -0.381 e. The van der Waals surface area contributed by atoms with Crippen LogP contribution in [-0.2, 0) is 4.74 Å². The van der Waals surface area contributed by atoms with Crippen molar-refractivity contribution in [3.8, 4) is 0 Å². The summed E-state index contributed by atoms with van der Waals surface area (Å²) in [6.45, 7) is 1.44. The van der Waals surface area contributed by atoms with Gasteiger partial charge < -0.3 is 10.5 Å². The van der Waals surface area contributed by atoms with Crippen LogP contribution < -0.4 is 5.73 Å². The summed E-state index contributed by atoms with van der Waals surface area (Å²) in [6.07, 6.45) is 1.65. The molecule has 2 atom stereocenters. The number of ether oxygens (including phenoxy) is 1. The van der Waals surface area contributed by atoms with Crippen LogP contribution in [0.3, 0.4) is 0 Å². The average Bonchev–Trinajstić information content (AvgIpc) is 2.70. The van der Waals surface area contributed by atoms with E-state index in [4.69, 9.17) is 10.5 Å². The van der Waals surface area contributed by atoms with E-state index in [1.807, 2.05) is 0 Å². The zero-order chi connectivity index (χ0) is 11.5. The van der Waals surface area contributed by atoms with Crippen LogP contribution in [0.15, 0.2) is 18.2 Å². The van der Waals surface area contributed by atoms with E-state index < -0.39 is 11.6 Å². The Kier molecular flexibility index (Phi) is 3.51. The molecule has 16 heavy (non-hydrogen) atoms. The summed E-state index contributed by atoms with van der Waals surface area (Å²) in [5.41, 5.74) is 6.29. The van der Waals surface area contributed by atoms with Gasteiger partial charge in [-0.2, -0.15) is 0 Å². The Labute approximate surface area is 93.4 Å². The van der Waals surface area contributed by atoms with Gasteiger partial charge in [0.25, 0.3) is 0 Å². The van der Waals surface area contributed by atoms with E-state index >= 15 is 0 Å². The summed E-state index contributed by atoms with van der Waals surface area (Å²) in [5.74, 6) is -0.747. The Morgan fingerprint density at radius 2 is 2.25 bits per heavy atom. The van der Waals surface area contributed by atoms with E-state index in [1.165, 1.54) is 12.1 Å². The smallest absolute Gasteiger partial charge is 0.130 e. The third-order valence-corrected chi connectivity index (χ3v) is 2.97. The molecule has 1 heterocycles. The van der Waals surface area contributed by atoms with Crippen LogP contribution in [0.2, 0.25) is 0 Å². The van der Waals surface area contributed by atoms with E-state index in [9.17, 15) is 8.78 Å². The third kappa shape index (κ3) is 2.57. The first-order valence-electron chi connectivity index (χ1n) is 5.45. The molecule has 1 aliphatic heterocycles. The molecule has 2 rings (SSSR count). The number of hydrogen-bond acceptors (Lipinski definition) is 2. The quantitative estimate of drug-likeness (QED) is 0.860. The second-order valence-corrected chi connectivity index (χ2v) is 4.24. The minimum atomic E-state index is -0.572. The van der Waals surface area contributed by atoms with E-state index in [0.29, 0.717) is 24.5 Å². The van der Waals surface area contributed by atoms with Crippen molar-refractivity contribution in [2.45, 2.75) is 18.9 Å². The molecular weight excluding hydrogens is 212 g/mol. The Balaban J connectivity index is 2.04. The molecule has 0 aliphatic carbocycles. The summed E-state index contributed by atoms with van der Waals surface area (Å²) in [4.78, 5) is 0. The lowest BCUT2D eigenvalue weighted by atomic mass is 9.94. The summed E-state index contributed by atoms with van der Waals surface area (Å²) in [6, 6.07) is 3.15. The summed E-state index contributed by atoms with van der Waals surface area (Å²) in [5, 5.41) is 0. The van der Waals surface area contributed by atoms with Gasteiger partial charge >= 0.3 is 0 Å². The van der Waals surface area contributed by atoms with Crippen LogP contribution in [-0.4, -0.2) is 13.2 Å². The summed E-state index contributed by atoms with van der Waals surface area (Å²) < 4.78 is 31.4. The topological polar surface area (TPSA) is 35.2 Å². The van der Waals surface area contributed by atoms with Crippen LogP contribution in [0.25, 0.3) is 0 Å². The first-order chi connectivity index (χ1) is 7.66. The Bertz CT molecular complexity index is 364. The lowest BCUT2D eigenvalue weighted by Gasteiger charge is -2.16. The van der Waals surface area contributed by atoms with Crippen molar-refractivity contribution in [3.63, 3.8) is 0 Å². The molecule has 1 fully saturated rings. The number of rotatable bonds is 3. The predicted molar refractivity (Wildman–Crippen MR) is 56.8 cm³/mol. The highest BCUT2D eigenvalue weighted by Crippen LogP contribution is 2.26. The molecule has 88 valence electrons. The summed E-state index contributed by atoms with van der Waals surface area (Å²) in [7, 11) is 0. The van der Waals surface area contributed by atoms with E-state index in [1.54, 1.807) is 0 Å². The van der Waals surface area contributed by atoms with Crippen molar-refractivity contribution in [3.05, 3.63) is 35.4 Å². The standard InChI is InChI=1S/C12H15F2NO/c13-9-1-2-10(11(14)6-9)12(15)5-8-3-4-16-7-8/h1-2,6,8,12H,3-5,7,15H2. The van der Waals surface area contributed by atoms with Gasteiger partial charge in [-0.15, -0.1) is 0 Å². The average molecular weight is 227 g/mol. The molecule has 1 aromatic carbocycles. The van der Waals surface area contributed by atoms with E-state index in [2.05, 4.69) is 0 Å². The van der Waals surface area contributed by atoms with Crippen LogP contribution in [0.4, 0.5) is 8.78 Å². The fraction of sp³-hybridized carbons (Fsp3) is 0.500. The van der Waals surface area contributed by atoms with Crippen molar-refractivity contribution in [2.24, 2.45) is 11.7 Å². The van der Waals surface area contributed by atoms with Gasteiger partial charge in [0.1, 0.15) is 11.6 Å². The van der Waals surface area contributed by atoms with Crippen molar-refractivity contribution in [1.29, 1.82) is 0 Å². The molecule has 0 radical (unpaired) electrons. The second-order valence-electron chi connectivity index (χ2n) is 4.24. The Morgan fingerprint density at radius 1 is 1.44 bits per heavy atom. The molecule has 2 unspecified atom stereocenters. The van der Waals surface area contributed by atoms with Crippen molar-refractivity contribution < 1.29 is 13.5 Å². The summed E-state index contributed by atoms with van der Waals surface area (Å²) >= 11 is 0. The molecule has 0 saturated carbocycles. The third-order valence-electron chi connectivity index (χ3n) is 2.97. The second kappa shape index (κ2) is 4.89. The highest BCUT2D eigenvalue weighted by molar-refractivity contribution is 5.21. The molecular formula is C12H15F2NO. The Morgan fingerprint density at radius 3 is 2.88 bits per heavy atom. The van der Waals surface area contributed by atoms with E-state index in [-0.39, 0.29) is 6.04 Å². The fourth-order valence-corrected chi connectivity index (χ4v) is 2.06. The minimum absolute atomic E-state index is 0.382. The van der Waals surface area contributed by atoms with Crippen LogP contribution >= 0.6 is 0 Å². The number of hydrogen-bond donors (Lipinski definition) is 1. The number of halogens is 2. The molecule has 4 heteroatoms. The molecule has 2 nitrogen and oxygen atoms in total. The number of nitrogens with two attached hydrogens (primary N) is 1. The molecule has 0 bridgehead atoms. The van der Waals surface area contributed by atoms with Gasteiger partial charge in [-0.25, -0.2) is 8.78 Å². The molecule has 0 spiro atoms. The predicted octanol–water partition coefficient (Wildman–Crippen LogP) is 2.39. The molecule has 1 saturated heterocycles. The van der Waals surface area contributed by atoms with Crippen LogP contribution in [0.1, 0.15) is 24.4 Å². The molecule has 2 N–H and O–H groups in total. The first-order valence-corrected chi connectivity index (χ1v) is 5.45. The lowest BCUT2D eigenvalue weighted by Crippen LogP contribution is -2.17.